The zero-order valence-electron chi connectivity index (χ0n) is 27.2. The Balaban J connectivity index is 0.000000161. The van der Waals surface area contributed by atoms with Crippen molar-refractivity contribution in [3.05, 3.63) is 113 Å². The number of aliphatic hydroxyl groups is 1. The zero-order valence-corrected chi connectivity index (χ0v) is 32.8. The number of rotatable bonds is 3. The van der Waals surface area contributed by atoms with Crippen LogP contribution in [0, 0.1) is 48.2 Å². The van der Waals surface area contributed by atoms with E-state index in [0.717, 1.165) is 66.7 Å². The molecule has 0 amide bonds. The Labute approximate surface area is 315 Å². The minimum absolute atomic E-state index is 0. The minimum Gasteiger partial charge on any atom is -0.395 e. The van der Waals surface area contributed by atoms with Crippen LogP contribution in [0.25, 0.3) is 28.4 Å². The van der Waals surface area contributed by atoms with Gasteiger partial charge in [-0.3, -0.25) is 0 Å². The summed E-state index contributed by atoms with van der Waals surface area (Å²) in [5.41, 5.74) is 9.18. The number of aliphatic hydroxyl groups excluding tert-OH is 1. The third kappa shape index (κ3) is 5.89. The molecule has 3 heterocycles. The average molecular weight is 910 g/mol. The maximum absolute atomic E-state index is 13.2. The second-order valence-corrected chi connectivity index (χ2v) is 13.9. The first-order valence-corrected chi connectivity index (χ1v) is 16.3. The maximum Gasteiger partial charge on any atom is 0.123 e. The van der Waals surface area contributed by atoms with E-state index in [-0.39, 0.29) is 84.3 Å². The Morgan fingerprint density at radius 3 is 2.10 bits per heavy atom. The standard InChI is InChI=1S/2C19H19FN2O.U.V/c1-18-10-13-11-21-22(16-6-4-15(20)5-7-16)17(13)9-14(18)3-2-8-19(18)12-23-19;1-19(12-23)8-2-3-13-10-18-14(9-17(13)19)11-21-22(18)16-6-4-15(20)5-7-16;;/h4-7,9,11H,2-3,8,10,12H2,1H3;4-7,9-11,23H,2-3,8,12H2,1H3;;/t18-,19?;19-;;/m11../s1. The number of halogens is 2. The molecule has 1 aliphatic heterocycles. The monoisotopic (exact) mass is 909 g/mol. The molecule has 0 bridgehead atoms. The summed E-state index contributed by atoms with van der Waals surface area (Å²) in [7, 11) is 0. The van der Waals surface area contributed by atoms with Crippen molar-refractivity contribution in [1.29, 1.82) is 0 Å². The summed E-state index contributed by atoms with van der Waals surface area (Å²) in [4.78, 5) is 0. The van der Waals surface area contributed by atoms with Crippen LogP contribution in [0.4, 0.5) is 8.78 Å². The van der Waals surface area contributed by atoms with Crippen molar-refractivity contribution in [3.8, 4) is 11.4 Å². The Morgan fingerprint density at radius 2 is 1.46 bits per heavy atom. The molecule has 3 aromatic carbocycles. The van der Waals surface area contributed by atoms with Gasteiger partial charge in [0, 0.05) is 65.9 Å². The molecule has 10 heteroatoms. The number of ether oxygens (including phenoxy) is 1. The molecule has 3 atom stereocenters. The molecule has 1 saturated carbocycles. The SMILES string of the molecule is C[C@@]12Cc3cnn(-c4ccc(F)cc4)c3C=C1CCCC21CO1.C[C@]1(CO)CCCc2cc3c(cnn3-c3ccc(F)cc3)cc21.[U].[V]. The molecule has 1 radical (unpaired) electrons. The van der Waals surface area contributed by atoms with E-state index in [1.807, 2.05) is 21.8 Å². The molecule has 5 aromatic rings. The third-order valence-electron chi connectivity index (χ3n) is 11.1. The number of fused-ring (bicyclic) bond motifs is 5. The van der Waals surface area contributed by atoms with Crippen LogP contribution in [0.1, 0.15) is 68.3 Å². The Bertz CT molecular complexity index is 1990. The van der Waals surface area contributed by atoms with Crippen molar-refractivity contribution in [2.75, 3.05) is 13.2 Å². The predicted octanol–water partition coefficient (Wildman–Crippen LogP) is 7.66. The number of aromatic nitrogens is 4. The zero-order chi connectivity index (χ0) is 31.7. The fourth-order valence-corrected chi connectivity index (χ4v) is 8.12. The van der Waals surface area contributed by atoms with Crippen molar-refractivity contribution in [3.63, 3.8) is 0 Å². The van der Waals surface area contributed by atoms with Gasteiger partial charge in [0.15, 0.2) is 0 Å². The van der Waals surface area contributed by atoms with Crippen molar-refractivity contribution >= 4 is 17.0 Å². The first kappa shape index (κ1) is 35.3. The molecule has 3 aliphatic carbocycles. The van der Waals surface area contributed by atoms with Crippen LogP contribution < -0.4 is 0 Å². The van der Waals surface area contributed by atoms with Gasteiger partial charge in [-0.25, -0.2) is 18.1 Å². The summed E-state index contributed by atoms with van der Waals surface area (Å²) >= 11 is 0. The number of hydrogen-bond acceptors (Lipinski definition) is 4. The van der Waals surface area contributed by atoms with Crippen LogP contribution in [0.2, 0.25) is 0 Å². The van der Waals surface area contributed by atoms with Gasteiger partial charge >= 0.3 is 0 Å². The van der Waals surface area contributed by atoms with E-state index in [1.54, 1.807) is 24.3 Å². The Kier molecular flexibility index (Phi) is 9.80. The third-order valence-corrected chi connectivity index (χ3v) is 11.1. The van der Waals surface area contributed by atoms with E-state index < -0.39 is 0 Å². The van der Waals surface area contributed by atoms with E-state index in [2.05, 4.69) is 42.3 Å². The van der Waals surface area contributed by atoms with E-state index >= 15 is 0 Å². The Hall–Kier alpha value is -2.50. The number of aryl methyl sites for hydroxylation is 1. The average Bonchev–Trinajstić information content (AvgIpc) is 3.57. The molecule has 9 rings (SSSR count). The summed E-state index contributed by atoms with van der Waals surface area (Å²) in [5.74, 6) is -0.470. The van der Waals surface area contributed by atoms with Gasteiger partial charge in [0.2, 0.25) is 0 Å². The van der Waals surface area contributed by atoms with E-state index in [1.165, 1.54) is 59.4 Å². The van der Waals surface area contributed by atoms with Crippen LogP contribution in [-0.4, -0.2) is 43.5 Å². The van der Waals surface area contributed by atoms with Crippen molar-refractivity contribution in [1.82, 2.24) is 19.6 Å². The van der Waals surface area contributed by atoms with Gasteiger partial charge in [0.25, 0.3) is 0 Å². The quantitative estimate of drug-likeness (QED) is 0.189. The van der Waals surface area contributed by atoms with E-state index in [9.17, 15) is 13.9 Å². The molecule has 245 valence electrons. The van der Waals surface area contributed by atoms with Crippen LogP contribution >= 0.6 is 0 Å². The molecule has 2 fully saturated rings. The van der Waals surface area contributed by atoms with E-state index in [0.29, 0.717) is 0 Å². The van der Waals surface area contributed by atoms with Crippen LogP contribution in [0.3, 0.4) is 0 Å². The summed E-state index contributed by atoms with van der Waals surface area (Å²) < 4.78 is 36.0. The first-order chi connectivity index (χ1) is 22.2. The van der Waals surface area contributed by atoms with Gasteiger partial charge in [-0.15, -0.1) is 0 Å². The van der Waals surface area contributed by atoms with Crippen molar-refractivity contribution in [2.24, 2.45) is 5.41 Å². The minimum atomic E-state index is -0.249. The molecule has 4 aliphatic rings. The first-order valence-electron chi connectivity index (χ1n) is 16.3. The second kappa shape index (κ2) is 13.3. The largest absolute Gasteiger partial charge is 0.395 e. The molecule has 1 saturated heterocycles. The fraction of sp³-hybridized carbons (Fsp3) is 0.368. The van der Waals surface area contributed by atoms with Gasteiger partial charge in [-0.05, 0) is 128 Å². The van der Waals surface area contributed by atoms with Gasteiger partial charge in [-0.2, -0.15) is 10.2 Å². The van der Waals surface area contributed by atoms with Gasteiger partial charge in [0.1, 0.15) is 17.2 Å². The molecule has 48 heavy (non-hydrogen) atoms. The van der Waals surface area contributed by atoms with Gasteiger partial charge in [-0.1, -0.05) is 19.4 Å². The summed E-state index contributed by atoms with van der Waals surface area (Å²) in [6, 6.07) is 17.2. The smallest absolute Gasteiger partial charge is 0.123 e. The molecule has 1 N–H and O–H groups in total. The van der Waals surface area contributed by atoms with Gasteiger partial charge in [0.05, 0.1) is 48.2 Å². The summed E-state index contributed by atoms with van der Waals surface area (Å²) in [6.45, 7) is 5.53. The van der Waals surface area contributed by atoms with Crippen molar-refractivity contribution < 1.29 is 68.3 Å². The fourth-order valence-electron chi connectivity index (χ4n) is 8.12. The second-order valence-electron chi connectivity index (χ2n) is 13.9. The summed E-state index contributed by atoms with van der Waals surface area (Å²) in [6.07, 6.45) is 13.7. The molecule has 6 nitrogen and oxygen atoms in total. The van der Waals surface area contributed by atoms with E-state index in [4.69, 9.17) is 4.74 Å². The molecular weight excluding hydrogens is 871 g/mol. The molecule has 1 spiro atoms. The number of nitrogens with zero attached hydrogens (tertiary/aromatic N) is 4. The van der Waals surface area contributed by atoms with Gasteiger partial charge < -0.3 is 9.84 Å². The maximum atomic E-state index is 13.2. The summed E-state index contributed by atoms with van der Waals surface area (Å²) in [5, 5.41) is 19.9. The normalized spacial score (nSPS) is 25.0. The van der Waals surface area contributed by atoms with Crippen LogP contribution in [0.15, 0.2) is 78.6 Å². The predicted molar refractivity (Wildman–Crippen MR) is 174 cm³/mol. The Morgan fingerprint density at radius 1 is 0.833 bits per heavy atom. The molecular formula is C38H38F2N4O2UV. The molecule has 1 unspecified atom stereocenters. The number of hydrogen-bond donors (Lipinski definition) is 1. The topological polar surface area (TPSA) is 68.4 Å². The molecule has 2 aromatic heterocycles. The number of epoxide rings is 1. The van der Waals surface area contributed by atoms with Crippen LogP contribution in [0.5, 0.6) is 0 Å². The van der Waals surface area contributed by atoms with Crippen LogP contribution in [-0.2, 0) is 41.5 Å². The number of benzene rings is 3. The van der Waals surface area contributed by atoms with Crippen molar-refractivity contribution in [2.45, 2.75) is 69.8 Å².